The number of furan rings is 1. The summed E-state index contributed by atoms with van der Waals surface area (Å²) in [6.45, 7) is 0. The van der Waals surface area contributed by atoms with Crippen LogP contribution in [0.1, 0.15) is 0 Å². The zero-order chi connectivity index (χ0) is 24.8. The summed E-state index contributed by atoms with van der Waals surface area (Å²) in [5.41, 5.74) is 5.46. The first-order valence-electron chi connectivity index (χ1n) is 13.0. The van der Waals surface area contributed by atoms with E-state index >= 15 is 0 Å². The van der Waals surface area contributed by atoms with Crippen LogP contribution in [0.3, 0.4) is 0 Å². The zero-order valence-corrected chi connectivity index (χ0v) is 20.5. The minimum atomic E-state index is 0.913. The predicted octanol–water partition coefficient (Wildman–Crippen LogP) is 10.1. The van der Waals surface area contributed by atoms with Gasteiger partial charge in [-0.05, 0) is 45.8 Å². The summed E-state index contributed by atoms with van der Waals surface area (Å²) in [7, 11) is 0. The molecule has 0 saturated heterocycles. The van der Waals surface area contributed by atoms with Gasteiger partial charge in [-0.1, -0.05) is 103 Å². The van der Waals surface area contributed by atoms with Crippen LogP contribution in [0.25, 0.3) is 81.7 Å². The predicted molar refractivity (Wildman–Crippen MR) is 161 cm³/mol. The number of nitrogens with zero attached hydrogens (tertiary/aromatic N) is 1. The Hall–Kier alpha value is -5.08. The Morgan fingerprint density at radius 2 is 1.03 bits per heavy atom. The molecule has 0 atom stereocenters. The van der Waals surface area contributed by atoms with E-state index in [2.05, 4.69) is 120 Å². The summed E-state index contributed by atoms with van der Waals surface area (Å²) in [6.07, 6.45) is 0. The summed E-state index contributed by atoms with van der Waals surface area (Å²) < 4.78 is 8.68. The van der Waals surface area contributed by atoms with E-state index in [0.29, 0.717) is 0 Å². The third-order valence-corrected chi connectivity index (χ3v) is 8.14. The van der Waals surface area contributed by atoms with E-state index in [1.807, 2.05) is 12.1 Å². The fourth-order valence-electron chi connectivity index (χ4n) is 6.55. The van der Waals surface area contributed by atoms with E-state index < -0.39 is 0 Å². The van der Waals surface area contributed by atoms with Crippen molar-refractivity contribution in [1.29, 1.82) is 0 Å². The molecular weight excluding hydrogens is 462 g/mol. The molecule has 2 heterocycles. The summed E-state index contributed by atoms with van der Waals surface area (Å²) in [4.78, 5) is 0. The molecule has 0 bridgehead atoms. The van der Waals surface area contributed by atoms with Crippen molar-refractivity contribution in [3.8, 4) is 5.69 Å². The van der Waals surface area contributed by atoms with Gasteiger partial charge in [0.1, 0.15) is 11.2 Å². The van der Waals surface area contributed by atoms with Gasteiger partial charge in [0.05, 0.1) is 11.0 Å². The molecule has 0 aliphatic heterocycles. The number of benzene rings is 7. The average molecular weight is 484 g/mol. The number of aromatic nitrogens is 1. The Balaban J connectivity index is 1.58. The second-order valence-electron chi connectivity index (χ2n) is 10.1. The van der Waals surface area contributed by atoms with E-state index in [1.165, 1.54) is 54.1 Å². The highest BCUT2D eigenvalue weighted by atomic mass is 16.3. The van der Waals surface area contributed by atoms with E-state index in [1.54, 1.807) is 0 Å². The van der Waals surface area contributed by atoms with Crippen LogP contribution in [0.4, 0.5) is 0 Å². The third-order valence-electron chi connectivity index (χ3n) is 8.14. The van der Waals surface area contributed by atoms with Crippen LogP contribution >= 0.6 is 0 Å². The Kier molecular flexibility index (Phi) is 3.82. The second-order valence-corrected chi connectivity index (χ2v) is 10.1. The minimum absolute atomic E-state index is 0.913. The Morgan fingerprint density at radius 3 is 1.87 bits per heavy atom. The molecule has 2 heteroatoms. The highest BCUT2D eigenvalue weighted by Gasteiger charge is 2.21. The van der Waals surface area contributed by atoms with E-state index in [4.69, 9.17) is 4.42 Å². The van der Waals surface area contributed by atoms with Crippen LogP contribution in [0.2, 0.25) is 0 Å². The summed E-state index contributed by atoms with van der Waals surface area (Å²) in [5.74, 6) is 0. The Morgan fingerprint density at radius 1 is 0.395 bits per heavy atom. The molecule has 0 N–H and O–H groups in total. The monoisotopic (exact) mass is 483 g/mol. The Labute approximate surface area is 217 Å². The first-order valence-corrected chi connectivity index (χ1v) is 13.0. The van der Waals surface area contributed by atoms with Gasteiger partial charge in [0.15, 0.2) is 0 Å². The van der Waals surface area contributed by atoms with Crippen LogP contribution in [0.15, 0.2) is 132 Å². The van der Waals surface area contributed by atoms with Crippen LogP contribution in [0, 0.1) is 0 Å². The highest BCUT2D eigenvalue weighted by Crippen LogP contribution is 2.44. The molecule has 0 aliphatic rings. The third kappa shape index (κ3) is 2.51. The van der Waals surface area contributed by atoms with Crippen LogP contribution in [0.5, 0.6) is 0 Å². The van der Waals surface area contributed by atoms with Gasteiger partial charge in [-0.25, -0.2) is 0 Å². The molecule has 9 aromatic rings. The number of fused-ring (bicyclic) bond motifs is 13. The summed E-state index contributed by atoms with van der Waals surface area (Å²) in [6, 6.07) is 45.9. The molecule has 38 heavy (non-hydrogen) atoms. The molecule has 9 rings (SSSR count). The topological polar surface area (TPSA) is 18.1 Å². The van der Waals surface area contributed by atoms with Crippen LogP contribution < -0.4 is 0 Å². The van der Waals surface area contributed by atoms with E-state index in [0.717, 1.165) is 27.6 Å². The number of rotatable bonds is 1. The van der Waals surface area contributed by atoms with Gasteiger partial charge in [-0.2, -0.15) is 0 Å². The largest absolute Gasteiger partial charge is 0.456 e. The maximum absolute atomic E-state index is 6.19. The lowest BCUT2D eigenvalue weighted by molar-refractivity contribution is 0.669. The van der Waals surface area contributed by atoms with Crippen LogP contribution in [-0.4, -0.2) is 4.57 Å². The molecule has 176 valence electrons. The van der Waals surface area contributed by atoms with Crippen molar-refractivity contribution in [1.82, 2.24) is 4.57 Å². The second kappa shape index (κ2) is 7.24. The van der Waals surface area contributed by atoms with Gasteiger partial charge in [0.2, 0.25) is 0 Å². The molecule has 0 amide bonds. The van der Waals surface area contributed by atoms with E-state index in [-0.39, 0.29) is 0 Å². The number of para-hydroxylation sites is 1. The SMILES string of the molecule is c1ccc2c(c1)ccc1c3c4ccccc4c4ccccc4c3n(-c3ccc4oc5ccccc5c4c3)c21. The lowest BCUT2D eigenvalue weighted by Gasteiger charge is -2.13. The van der Waals surface area contributed by atoms with Gasteiger partial charge in [0, 0.05) is 38.0 Å². The highest BCUT2D eigenvalue weighted by molar-refractivity contribution is 6.34. The zero-order valence-electron chi connectivity index (χ0n) is 20.5. The molecule has 0 saturated carbocycles. The van der Waals surface area contributed by atoms with Gasteiger partial charge >= 0.3 is 0 Å². The van der Waals surface area contributed by atoms with Gasteiger partial charge in [-0.3, -0.25) is 0 Å². The van der Waals surface area contributed by atoms with Crippen molar-refractivity contribution < 1.29 is 4.42 Å². The van der Waals surface area contributed by atoms with Crippen molar-refractivity contribution >= 4 is 76.1 Å². The standard InChI is InChI=1S/C36H21NO/c1-2-10-24-22(9-1)17-19-30-34-28-14-5-3-11-25(28)26-12-4-6-15-29(26)36(34)37(35(24)30)23-18-20-33-31(21-23)27-13-7-8-16-32(27)38-33/h1-21H. The van der Waals surface area contributed by atoms with E-state index in [9.17, 15) is 0 Å². The van der Waals surface area contributed by atoms with Gasteiger partial charge in [-0.15, -0.1) is 0 Å². The van der Waals surface area contributed by atoms with Gasteiger partial charge in [0.25, 0.3) is 0 Å². The maximum atomic E-state index is 6.19. The average Bonchev–Trinajstić information content (AvgIpc) is 3.53. The summed E-state index contributed by atoms with van der Waals surface area (Å²) >= 11 is 0. The quantitative estimate of drug-likeness (QED) is 0.212. The molecule has 7 aromatic carbocycles. The van der Waals surface area contributed by atoms with Gasteiger partial charge < -0.3 is 8.98 Å². The molecule has 0 radical (unpaired) electrons. The van der Waals surface area contributed by atoms with Crippen molar-refractivity contribution in [3.63, 3.8) is 0 Å². The Bertz CT molecular complexity index is 2400. The lowest BCUT2D eigenvalue weighted by atomic mass is 9.96. The molecular formula is C36H21NO. The molecule has 0 spiro atoms. The molecule has 0 fully saturated rings. The number of hydrogen-bond donors (Lipinski definition) is 0. The lowest BCUT2D eigenvalue weighted by Crippen LogP contribution is -1.95. The van der Waals surface area contributed by atoms with Crippen molar-refractivity contribution in [2.45, 2.75) is 0 Å². The maximum Gasteiger partial charge on any atom is 0.135 e. The fourth-order valence-corrected chi connectivity index (χ4v) is 6.55. The molecule has 2 aromatic heterocycles. The van der Waals surface area contributed by atoms with Crippen LogP contribution in [-0.2, 0) is 0 Å². The minimum Gasteiger partial charge on any atom is -0.456 e. The summed E-state index contributed by atoms with van der Waals surface area (Å²) in [5, 5.41) is 12.5. The smallest absolute Gasteiger partial charge is 0.135 e. The van der Waals surface area contributed by atoms with Crippen molar-refractivity contribution in [2.24, 2.45) is 0 Å². The van der Waals surface area contributed by atoms with Crippen molar-refractivity contribution in [3.05, 3.63) is 127 Å². The fraction of sp³-hybridized carbons (Fsp3) is 0. The number of hydrogen-bond acceptors (Lipinski definition) is 1. The molecule has 0 aliphatic carbocycles. The normalized spacial score (nSPS) is 12.2. The molecule has 2 nitrogen and oxygen atoms in total. The van der Waals surface area contributed by atoms with Crippen molar-refractivity contribution in [2.75, 3.05) is 0 Å². The first kappa shape index (κ1) is 20.0. The first-order chi connectivity index (χ1) is 18.9. The molecule has 0 unspecified atom stereocenters.